The Morgan fingerprint density at radius 3 is 2.35 bits per heavy atom. The average molecular weight is 281 g/mol. The van der Waals surface area contributed by atoms with Crippen LogP contribution >= 0.6 is 0 Å². The minimum atomic E-state index is -1.21. The summed E-state index contributed by atoms with van der Waals surface area (Å²) in [7, 11) is 0. The van der Waals surface area contributed by atoms with Gasteiger partial charge < -0.3 is 0 Å². The molecule has 4 nitrogen and oxygen atoms in total. The summed E-state index contributed by atoms with van der Waals surface area (Å²) >= 11 is 0. The summed E-state index contributed by atoms with van der Waals surface area (Å²) in [5.41, 5.74) is -0.785. The van der Waals surface area contributed by atoms with Gasteiger partial charge in [0.05, 0.1) is 4.92 Å². The topological polar surface area (TPSA) is 60.2 Å². The molecule has 0 heterocycles. The van der Waals surface area contributed by atoms with Crippen LogP contribution in [0.2, 0.25) is 0 Å². The minimum absolute atomic E-state index is 0.0339. The molecule has 0 aliphatic heterocycles. The van der Waals surface area contributed by atoms with Crippen molar-refractivity contribution in [3.05, 3.63) is 39.9 Å². The van der Waals surface area contributed by atoms with Gasteiger partial charge in [-0.3, -0.25) is 14.9 Å². The Kier molecular flexibility index (Phi) is 5.36. The van der Waals surface area contributed by atoms with Crippen molar-refractivity contribution in [3.63, 3.8) is 0 Å². The number of Topliss-reactive ketones (excluding diaryl/α,β-unsaturated/α-hetero) is 1. The van der Waals surface area contributed by atoms with Crippen LogP contribution in [0.15, 0.2) is 24.3 Å². The highest BCUT2D eigenvalue weighted by atomic mass is 19.1. The molecule has 0 radical (unpaired) electrons. The minimum Gasteiger partial charge on any atom is -0.294 e. The standard InChI is InChI=1S/C15H20FNO3/c1-11(5-4-10-15(2,3)16)14(18)12-6-8-13(9-7-12)17(19)20/h6-9,11H,4-5,10H2,1-3H3. The third-order valence-electron chi connectivity index (χ3n) is 3.22. The summed E-state index contributed by atoms with van der Waals surface area (Å²) in [6, 6.07) is 5.58. The third kappa shape index (κ3) is 5.07. The van der Waals surface area contributed by atoms with E-state index < -0.39 is 10.6 Å². The Balaban J connectivity index is 2.58. The molecule has 1 aromatic rings. The lowest BCUT2D eigenvalue weighted by Gasteiger charge is -2.15. The average Bonchev–Trinajstić information content (AvgIpc) is 2.36. The molecule has 0 aliphatic carbocycles. The quantitative estimate of drug-likeness (QED) is 0.424. The zero-order valence-electron chi connectivity index (χ0n) is 12.1. The molecule has 0 saturated heterocycles. The fraction of sp³-hybridized carbons (Fsp3) is 0.533. The van der Waals surface area contributed by atoms with Gasteiger partial charge in [0.1, 0.15) is 5.67 Å². The number of non-ortho nitro benzene ring substituents is 1. The van der Waals surface area contributed by atoms with Crippen molar-refractivity contribution < 1.29 is 14.1 Å². The second-order valence-electron chi connectivity index (χ2n) is 5.68. The van der Waals surface area contributed by atoms with E-state index in [0.29, 0.717) is 24.8 Å². The summed E-state index contributed by atoms with van der Waals surface area (Å²) < 4.78 is 13.3. The van der Waals surface area contributed by atoms with E-state index in [4.69, 9.17) is 0 Å². The van der Waals surface area contributed by atoms with Gasteiger partial charge in [-0.15, -0.1) is 0 Å². The number of nitro groups is 1. The first kappa shape index (κ1) is 16.3. The highest BCUT2D eigenvalue weighted by Crippen LogP contribution is 2.22. The van der Waals surface area contributed by atoms with Gasteiger partial charge in [-0.2, -0.15) is 0 Å². The molecule has 1 rings (SSSR count). The Hall–Kier alpha value is -1.78. The maximum Gasteiger partial charge on any atom is 0.269 e. The van der Waals surface area contributed by atoms with Crippen molar-refractivity contribution in [1.29, 1.82) is 0 Å². The van der Waals surface area contributed by atoms with E-state index in [1.807, 2.05) is 0 Å². The zero-order chi connectivity index (χ0) is 15.3. The normalized spacial score (nSPS) is 13.0. The highest BCUT2D eigenvalue weighted by Gasteiger charge is 2.19. The van der Waals surface area contributed by atoms with Gasteiger partial charge in [-0.1, -0.05) is 6.92 Å². The molecule has 0 aliphatic rings. The van der Waals surface area contributed by atoms with Crippen LogP contribution in [-0.4, -0.2) is 16.4 Å². The lowest BCUT2D eigenvalue weighted by Crippen LogP contribution is -2.15. The van der Waals surface area contributed by atoms with Crippen molar-refractivity contribution in [1.82, 2.24) is 0 Å². The summed E-state index contributed by atoms with van der Waals surface area (Å²) in [4.78, 5) is 22.2. The lowest BCUT2D eigenvalue weighted by atomic mass is 9.92. The number of alkyl halides is 1. The number of nitro benzene ring substituents is 1. The first-order chi connectivity index (χ1) is 9.20. The van der Waals surface area contributed by atoms with E-state index in [-0.39, 0.29) is 17.4 Å². The van der Waals surface area contributed by atoms with E-state index in [2.05, 4.69) is 0 Å². The molecule has 0 spiro atoms. The summed E-state index contributed by atoms with van der Waals surface area (Å²) in [6.45, 7) is 4.85. The van der Waals surface area contributed by atoms with Gasteiger partial charge in [-0.05, 0) is 45.2 Å². The van der Waals surface area contributed by atoms with Crippen LogP contribution in [0.3, 0.4) is 0 Å². The molecular weight excluding hydrogens is 261 g/mol. The number of hydrogen-bond donors (Lipinski definition) is 0. The summed E-state index contributed by atoms with van der Waals surface area (Å²) in [5, 5.41) is 10.5. The van der Waals surface area contributed by atoms with Gasteiger partial charge in [0.25, 0.3) is 5.69 Å². The highest BCUT2D eigenvalue weighted by molar-refractivity contribution is 5.97. The fourth-order valence-corrected chi connectivity index (χ4v) is 1.99. The van der Waals surface area contributed by atoms with Crippen LogP contribution in [-0.2, 0) is 0 Å². The van der Waals surface area contributed by atoms with E-state index in [1.54, 1.807) is 6.92 Å². The maximum absolute atomic E-state index is 13.3. The smallest absolute Gasteiger partial charge is 0.269 e. The van der Waals surface area contributed by atoms with Crippen molar-refractivity contribution in [3.8, 4) is 0 Å². The Bertz CT molecular complexity index is 477. The van der Waals surface area contributed by atoms with Crippen LogP contribution in [0.4, 0.5) is 10.1 Å². The van der Waals surface area contributed by atoms with Crippen molar-refractivity contribution >= 4 is 11.5 Å². The molecule has 0 aromatic heterocycles. The van der Waals surface area contributed by atoms with Gasteiger partial charge in [0.15, 0.2) is 5.78 Å². The van der Waals surface area contributed by atoms with E-state index in [0.717, 1.165) is 0 Å². The predicted molar refractivity (Wildman–Crippen MR) is 75.6 cm³/mol. The predicted octanol–water partition coefficient (Wildman–Crippen LogP) is 4.33. The van der Waals surface area contributed by atoms with Crippen molar-refractivity contribution in [2.24, 2.45) is 5.92 Å². The number of halogens is 1. The summed E-state index contributed by atoms with van der Waals surface area (Å²) in [6.07, 6.45) is 1.68. The molecule has 0 N–H and O–H groups in total. The van der Waals surface area contributed by atoms with Crippen molar-refractivity contribution in [2.45, 2.75) is 45.7 Å². The van der Waals surface area contributed by atoms with Crippen molar-refractivity contribution in [2.75, 3.05) is 0 Å². The number of ketones is 1. The molecule has 20 heavy (non-hydrogen) atoms. The van der Waals surface area contributed by atoms with E-state index >= 15 is 0 Å². The van der Waals surface area contributed by atoms with Crippen LogP contribution in [0.5, 0.6) is 0 Å². The van der Waals surface area contributed by atoms with E-state index in [1.165, 1.54) is 38.1 Å². The summed E-state index contributed by atoms with van der Waals surface area (Å²) in [5.74, 6) is -0.268. The molecule has 1 unspecified atom stereocenters. The fourth-order valence-electron chi connectivity index (χ4n) is 1.99. The molecule has 0 bridgehead atoms. The molecule has 1 atom stereocenters. The molecule has 5 heteroatoms. The molecule has 0 amide bonds. The number of hydrogen-bond acceptors (Lipinski definition) is 3. The van der Waals surface area contributed by atoms with Gasteiger partial charge >= 0.3 is 0 Å². The van der Waals surface area contributed by atoms with Gasteiger partial charge in [0.2, 0.25) is 0 Å². The zero-order valence-corrected chi connectivity index (χ0v) is 12.1. The van der Waals surface area contributed by atoms with E-state index in [9.17, 15) is 19.3 Å². The number of rotatable bonds is 7. The molecular formula is C15H20FNO3. The molecule has 1 aromatic carbocycles. The number of carbonyl (C=O) groups is 1. The number of carbonyl (C=O) groups excluding carboxylic acids is 1. The first-order valence-corrected chi connectivity index (χ1v) is 6.68. The second-order valence-corrected chi connectivity index (χ2v) is 5.68. The largest absolute Gasteiger partial charge is 0.294 e. The van der Waals surface area contributed by atoms with Crippen LogP contribution in [0, 0.1) is 16.0 Å². The monoisotopic (exact) mass is 281 g/mol. The third-order valence-corrected chi connectivity index (χ3v) is 3.22. The molecule has 110 valence electrons. The number of nitrogens with zero attached hydrogens (tertiary/aromatic N) is 1. The van der Waals surface area contributed by atoms with Crippen LogP contribution in [0.25, 0.3) is 0 Å². The van der Waals surface area contributed by atoms with Crippen LogP contribution in [0.1, 0.15) is 50.4 Å². The Labute approximate surface area is 118 Å². The van der Waals surface area contributed by atoms with Gasteiger partial charge in [0, 0.05) is 23.6 Å². The number of benzene rings is 1. The first-order valence-electron chi connectivity index (χ1n) is 6.68. The Morgan fingerprint density at radius 1 is 1.35 bits per heavy atom. The SMILES string of the molecule is CC(CCCC(C)(C)F)C(=O)c1ccc([N+](=O)[O-])cc1. The van der Waals surface area contributed by atoms with Crippen LogP contribution < -0.4 is 0 Å². The maximum atomic E-state index is 13.3. The second kappa shape index (κ2) is 6.59. The molecule has 0 fully saturated rings. The Morgan fingerprint density at radius 2 is 1.90 bits per heavy atom. The van der Waals surface area contributed by atoms with Gasteiger partial charge in [-0.25, -0.2) is 4.39 Å². The lowest BCUT2D eigenvalue weighted by molar-refractivity contribution is -0.384. The molecule has 0 saturated carbocycles.